The van der Waals surface area contributed by atoms with Gasteiger partial charge in [-0.25, -0.2) is 0 Å². The van der Waals surface area contributed by atoms with E-state index in [1.54, 1.807) is 6.07 Å². The van der Waals surface area contributed by atoms with Gasteiger partial charge in [-0.15, -0.1) is 0 Å². The lowest BCUT2D eigenvalue weighted by Crippen LogP contribution is -2.39. The van der Waals surface area contributed by atoms with Gasteiger partial charge in [0.1, 0.15) is 0 Å². The van der Waals surface area contributed by atoms with Gasteiger partial charge in [-0.1, -0.05) is 19.9 Å². The van der Waals surface area contributed by atoms with Gasteiger partial charge in [-0.05, 0) is 55.7 Å². The molecule has 0 radical (unpaired) electrons. The minimum absolute atomic E-state index is 0.00333. The van der Waals surface area contributed by atoms with Gasteiger partial charge in [-0.3, -0.25) is 4.79 Å². The molecule has 0 unspecified atom stereocenters. The van der Waals surface area contributed by atoms with Gasteiger partial charge in [0.2, 0.25) is 0 Å². The van der Waals surface area contributed by atoms with Gasteiger partial charge in [-0.2, -0.15) is 0 Å². The van der Waals surface area contributed by atoms with Crippen molar-refractivity contribution in [2.45, 2.75) is 52.5 Å². The standard InChI is InChI=1S/C16H24N2O/c1-11-4-5-12(10-14(11)17)15(19)18-13-6-8-16(2,3)9-7-13/h4-5,10,13H,6-9,17H2,1-3H3,(H,18,19). The molecule has 0 spiro atoms. The Morgan fingerprint density at radius 1 is 1.32 bits per heavy atom. The lowest BCUT2D eigenvalue weighted by Gasteiger charge is -2.34. The second-order valence-electron chi connectivity index (χ2n) is 6.48. The monoisotopic (exact) mass is 260 g/mol. The lowest BCUT2D eigenvalue weighted by molar-refractivity contribution is 0.0909. The molecule has 3 nitrogen and oxygen atoms in total. The lowest BCUT2D eigenvalue weighted by atomic mass is 9.75. The van der Waals surface area contributed by atoms with Crippen LogP contribution in [0.4, 0.5) is 5.69 Å². The first-order chi connectivity index (χ1) is 8.87. The van der Waals surface area contributed by atoms with Crippen molar-refractivity contribution in [2.24, 2.45) is 5.41 Å². The average Bonchev–Trinajstić information content (AvgIpc) is 2.35. The predicted molar refractivity (Wildman–Crippen MR) is 79.1 cm³/mol. The summed E-state index contributed by atoms with van der Waals surface area (Å²) in [6, 6.07) is 5.81. The highest BCUT2D eigenvalue weighted by molar-refractivity contribution is 5.95. The van der Waals surface area contributed by atoms with Crippen molar-refractivity contribution < 1.29 is 4.79 Å². The van der Waals surface area contributed by atoms with Crippen molar-refractivity contribution in [1.82, 2.24) is 5.32 Å². The zero-order valence-corrected chi connectivity index (χ0v) is 12.1. The van der Waals surface area contributed by atoms with Gasteiger partial charge in [0.15, 0.2) is 0 Å². The number of nitrogens with two attached hydrogens (primary N) is 1. The number of anilines is 1. The summed E-state index contributed by atoms with van der Waals surface area (Å²) in [5.41, 5.74) is 8.62. The normalized spacial score (nSPS) is 19.1. The maximum Gasteiger partial charge on any atom is 0.251 e. The quantitative estimate of drug-likeness (QED) is 0.802. The molecular formula is C16H24N2O. The molecule has 3 N–H and O–H groups in total. The summed E-state index contributed by atoms with van der Waals surface area (Å²) >= 11 is 0. The van der Waals surface area contributed by atoms with E-state index < -0.39 is 0 Å². The van der Waals surface area contributed by atoms with E-state index in [2.05, 4.69) is 19.2 Å². The molecule has 1 aliphatic carbocycles. The third kappa shape index (κ3) is 3.49. The van der Waals surface area contributed by atoms with Crippen molar-refractivity contribution in [3.63, 3.8) is 0 Å². The first kappa shape index (κ1) is 13.9. The highest BCUT2D eigenvalue weighted by Gasteiger charge is 2.27. The fourth-order valence-corrected chi connectivity index (χ4v) is 2.59. The number of benzene rings is 1. The molecule has 1 aromatic rings. The smallest absolute Gasteiger partial charge is 0.251 e. The van der Waals surface area contributed by atoms with E-state index in [1.807, 2.05) is 19.1 Å². The summed E-state index contributed by atoms with van der Waals surface area (Å²) in [5, 5.41) is 3.13. The molecular weight excluding hydrogens is 236 g/mol. The van der Waals surface area contributed by atoms with Crippen LogP contribution in [0.3, 0.4) is 0 Å². The zero-order chi connectivity index (χ0) is 14.0. The van der Waals surface area contributed by atoms with E-state index in [0.29, 0.717) is 22.7 Å². The van der Waals surface area contributed by atoms with Gasteiger partial charge in [0.05, 0.1) is 0 Å². The van der Waals surface area contributed by atoms with E-state index in [-0.39, 0.29) is 5.91 Å². The Morgan fingerprint density at radius 3 is 2.53 bits per heavy atom. The van der Waals surface area contributed by atoms with Crippen LogP contribution in [0, 0.1) is 12.3 Å². The Labute approximate surface area is 115 Å². The Hall–Kier alpha value is -1.51. The van der Waals surface area contributed by atoms with Crippen LogP contribution in [-0.4, -0.2) is 11.9 Å². The number of aryl methyl sites for hydroxylation is 1. The molecule has 0 bridgehead atoms. The number of rotatable bonds is 2. The van der Waals surface area contributed by atoms with Crippen molar-refractivity contribution in [3.8, 4) is 0 Å². The second-order valence-corrected chi connectivity index (χ2v) is 6.48. The topological polar surface area (TPSA) is 55.1 Å². The molecule has 0 aromatic heterocycles. The van der Waals surface area contributed by atoms with Crippen LogP contribution in [0.1, 0.15) is 55.5 Å². The van der Waals surface area contributed by atoms with E-state index >= 15 is 0 Å². The van der Waals surface area contributed by atoms with E-state index in [4.69, 9.17) is 5.73 Å². The molecule has 0 saturated heterocycles. The Kier molecular flexibility index (Phi) is 3.83. The van der Waals surface area contributed by atoms with Crippen LogP contribution in [-0.2, 0) is 0 Å². The number of carbonyl (C=O) groups is 1. The molecule has 3 heteroatoms. The first-order valence-electron chi connectivity index (χ1n) is 7.04. The van der Waals surface area contributed by atoms with Crippen LogP contribution in [0.25, 0.3) is 0 Å². The number of nitrogen functional groups attached to an aromatic ring is 1. The second kappa shape index (κ2) is 5.24. The van der Waals surface area contributed by atoms with Crippen LogP contribution in [0.5, 0.6) is 0 Å². The minimum atomic E-state index is -0.00333. The largest absolute Gasteiger partial charge is 0.398 e. The summed E-state index contributed by atoms with van der Waals surface area (Å²) in [7, 11) is 0. The maximum atomic E-state index is 12.2. The zero-order valence-electron chi connectivity index (χ0n) is 12.1. The van der Waals surface area contributed by atoms with E-state index in [1.165, 1.54) is 12.8 Å². The van der Waals surface area contributed by atoms with Crippen LogP contribution >= 0.6 is 0 Å². The predicted octanol–water partition coefficient (Wildman–Crippen LogP) is 3.28. The Balaban J connectivity index is 1.96. The molecule has 104 valence electrons. The van der Waals surface area contributed by atoms with Crippen molar-refractivity contribution >= 4 is 11.6 Å². The van der Waals surface area contributed by atoms with Crippen LogP contribution in [0.2, 0.25) is 0 Å². The van der Waals surface area contributed by atoms with Gasteiger partial charge < -0.3 is 11.1 Å². The summed E-state index contributed by atoms with van der Waals surface area (Å²) in [5.74, 6) is -0.00333. The van der Waals surface area contributed by atoms with Gasteiger partial charge in [0, 0.05) is 17.3 Å². The SMILES string of the molecule is Cc1ccc(C(=O)NC2CCC(C)(C)CC2)cc1N. The number of amides is 1. The number of hydrogen-bond acceptors (Lipinski definition) is 2. The third-order valence-corrected chi connectivity index (χ3v) is 4.22. The summed E-state index contributed by atoms with van der Waals surface area (Å²) in [6.07, 6.45) is 4.49. The highest BCUT2D eigenvalue weighted by atomic mass is 16.1. The molecule has 0 heterocycles. The fourth-order valence-electron chi connectivity index (χ4n) is 2.59. The summed E-state index contributed by atoms with van der Waals surface area (Å²) < 4.78 is 0. The molecule has 0 atom stereocenters. The van der Waals surface area contributed by atoms with Crippen LogP contribution in [0.15, 0.2) is 18.2 Å². The third-order valence-electron chi connectivity index (χ3n) is 4.22. The fraction of sp³-hybridized carbons (Fsp3) is 0.562. The number of hydrogen-bond donors (Lipinski definition) is 2. The van der Waals surface area contributed by atoms with Gasteiger partial charge in [0.25, 0.3) is 5.91 Å². The summed E-state index contributed by atoms with van der Waals surface area (Å²) in [6.45, 7) is 6.54. The molecule has 2 rings (SSSR count). The molecule has 1 fully saturated rings. The van der Waals surface area contributed by atoms with Crippen molar-refractivity contribution in [2.75, 3.05) is 5.73 Å². The first-order valence-corrected chi connectivity index (χ1v) is 7.04. The Bertz CT molecular complexity index is 470. The highest BCUT2D eigenvalue weighted by Crippen LogP contribution is 2.35. The maximum absolute atomic E-state index is 12.2. The molecule has 1 saturated carbocycles. The molecule has 1 amide bonds. The van der Waals surface area contributed by atoms with Crippen molar-refractivity contribution in [3.05, 3.63) is 29.3 Å². The molecule has 19 heavy (non-hydrogen) atoms. The number of nitrogens with one attached hydrogen (secondary N) is 1. The molecule has 1 aliphatic rings. The van der Waals surface area contributed by atoms with Crippen LogP contribution < -0.4 is 11.1 Å². The Morgan fingerprint density at radius 2 is 1.95 bits per heavy atom. The van der Waals surface area contributed by atoms with Crippen molar-refractivity contribution in [1.29, 1.82) is 0 Å². The minimum Gasteiger partial charge on any atom is -0.398 e. The van der Waals surface area contributed by atoms with E-state index in [9.17, 15) is 4.79 Å². The number of carbonyl (C=O) groups excluding carboxylic acids is 1. The molecule has 1 aromatic carbocycles. The van der Waals surface area contributed by atoms with E-state index in [0.717, 1.165) is 18.4 Å². The molecule has 0 aliphatic heterocycles. The van der Waals surface area contributed by atoms with Gasteiger partial charge >= 0.3 is 0 Å². The summed E-state index contributed by atoms with van der Waals surface area (Å²) in [4.78, 5) is 12.2. The average molecular weight is 260 g/mol.